The molecule has 10 nitrogen and oxygen atoms in total. The summed E-state index contributed by atoms with van der Waals surface area (Å²) < 4.78 is 0. The molecule has 1 atom stereocenters. The summed E-state index contributed by atoms with van der Waals surface area (Å²) in [5.41, 5.74) is 6.22. The summed E-state index contributed by atoms with van der Waals surface area (Å²) in [7, 11) is 0. The van der Waals surface area contributed by atoms with Crippen LogP contribution in [0.4, 0.5) is 17.1 Å². The molecule has 212 valence electrons. The van der Waals surface area contributed by atoms with E-state index in [4.69, 9.17) is 4.99 Å². The highest BCUT2D eigenvalue weighted by molar-refractivity contribution is 6.20. The van der Waals surface area contributed by atoms with E-state index < -0.39 is 11.0 Å². The van der Waals surface area contributed by atoms with Crippen LogP contribution in [0.3, 0.4) is 0 Å². The summed E-state index contributed by atoms with van der Waals surface area (Å²) in [6.45, 7) is 0. The standard InChI is InChI=1S/C33H26N6O4/c40-31(17-25-19-34-20-35-25)36-24-12-10-22(11-13-24)32-28-15-14-26(39(42)43)18-29(28)38-33(41)30(37-32)16-23-8-4-5-9-27(23)21-6-2-1-3-7-21/h1-15,18-20,30H,16-17H2,(H,34,35)(H,36,40)(H,38,41). The Morgan fingerprint density at radius 1 is 0.907 bits per heavy atom. The van der Waals surface area contributed by atoms with Gasteiger partial charge in [0, 0.05) is 47.3 Å². The van der Waals surface area contributed by atoms with Gasteiger partial charge in [-0.3, -0.25) is 24.7 Å². The monoisotopic (exact) mass is 570 g/mol. The number of benzodiazepines with no additional fused rings is 1. The molecule has 4 aromatic carbocycles. The minimum Gasteiger partial charge on any atom is -0.348 e. The van der Waals surface area contributed by atoms with E-state index in [0.29, 0.717) is 40.3 Å². The fourth-order valence-corrected chi connectivity index (χ4v) is 5.10. The molecular weight excluding hydrogens is 544 g/mol. The predicted octanol–water partition coefficient (Wildman–Crippen LogP) is 5.57. The van der Waals surface area contributed by atoms with Gasteiger partial charge < -0.3 is 15.6 Å². The largest absolute Gasteiger partial charge is 0.348 e. The molecule has 1 unspecified atom stereocenters. The van der Waals surface area contributed by atoms with E-state index >= 15 is 0 Å². The molecule has 0 radical (unpaired) electrons. The number of H-pyrrole nitrogens is 1. The van der Waals surface area contributed by atoms with Crippen molar-refractivity contribution in [2.24, 2.45) is 4.99 Å². The number of non-ortho nitro benzene ring substituents is 1. The number of carbonyl (C=O) groups excluding carboxylic acids is 2. The molecule has 1 aromatic heterocycles. The maximum Gasteiger partial charge on any atom is 0.271 e. The van der Waals surface area contributed by atoms with E-state index in [0.717, 1.165) is 16.7 Å². The quantitative estimate of drug-likeness (QED) is 0.165. The number of anilines is 2. The molecule has 2 heterocycles. The van der Waals surface area contributed by atoms with Gasteiger partial charge in [0.1, 0.15) is 6.04 Å². The van der Waals surface area contributed by atoms with E-state index in [9.17, 15) is 19.7 Å². The molecule has 5 aromatic rings. The summed E-state index contributed by atoms with van der Waals surface area (Å²) >= 11 is 0. The number of imidazole rings is 1. The first-order valence-corrected chi connectivity index (χ1v) is 13.6. The van der Waals surface area contributed by atoms with Crippen molar-refractivity contribution in [2.75, 3.05) is 10.6 Å². The normalized spacial score (nSPS) is 14.2. The molecule has 3 N–H and O–H groups in total. The molecule has 0 saturated carbocycles. The van der Waals surface area contributed by atoms with Gasteiger partial charge in [-0.2, -0.15) is 0 Å². The Morgan fingerprint density at radius 2 is 1.67 bits per heavy atom. The Hall–Kier alpha value is -5.90. The minimum absolute atomic E-state index is 0.137. The molecule has 0 spiro atoms. The van der Waals surface area contributed by atoms with Crippen LogP contribution in [-0.4, -0.2) is 38.5 Å². The van der Waals surface area contributed by atoms with Crippen LogP contribution in [0.2, 0.25) is 0 Å². The van der Waals surface area contributed by atoms with E-state index in [1.165, 1.54) is 18.5 Å². The van der Waals surface area contributed by atoms with Crippen LogP contribution in [0.15, 0.2) is 115 Å². The minimum atomic E-state index is -0.805. The first-order valence-electron chi connectivity index (χ1n) is 13.6. The molecule has 6 rings (SSSR count). The average Bonchev–Trinajstić information content (AvgIpc) is 3.48. The second kappa shape index (κ2) is 11.9. The number of nitro benzene ring substituents is 1. The van der Waals surface area contributed by atoms with Gasteiger partial charge in [-0.05, 0) is 34.9 Å². The third-order valence-corrected chi connectivity index (χ3v) is 7.18. The van der Waals surface area contributed by atoms with Crippen molar-refractivity contribution >= 4 is 34.6 Å². The lowest BCUT2D eigenvalue weighted by atomic mass is 9.95. The summed E-state index contributed by atoms with van der Waals surface area (Å²) in [5.74, 6) is -0.560. The summed E-state index contributed by atoms with van der Waals surface area (Å²) in [6.07, 6.45) is 3.59. The smallest absolute Gasteiger partial charge is 0.271 e. The zero-order valence-corrected chi connectivity index (χ0v) is 22.9. The van der Waals surface area contributed by atoms with Crippen molar-refractivity contribution in [3.63, 3.8) is 0 Å². The zero-order chi connectivity index (χ0) is 29.8. The van der Waals surface area contributed by atoms with Crippen LogP contribution in [-0.2, 0) is 22.4 Å². The van der Waals surface area contributed by atoms with Gasteiger partial charge in [0.2, 0.25) is 11.8 Å². The van der Waals surface area contributed by atoms with Crippen LogP contribution in [0, 0.1) is 10.1 Å². The van der Waals surface area contributed by atoms with E-state index in [1.807, 2.05) is 54.6 Å². The van der Waals surface area contributed by atoms with Gasteiger partial charge in [-0.15, -0.1) is 0 Å². The number of hydrogen-bond acceptors (Lipinski definition) is 6. The number of rotatable bonds is 8. The van der Waals surface area contributed by atoms with Gasteiger partial charge in [0.25, 0.3) is 5.69 Å². The third-order valence-electron chi connectivity index (χ3n) is 7.18. The van der Waals surface area contributed by atoms with Gasteiger partial charge in [0.05, 0.1) is 29.1 Å². The van der Waals surface area contributed by atoms with Crippen molar-refractivity contribution in [3.05, 3.63) is 142 Å². The Balaban J connectivity index is 1.35. The SMILES string of the molecule is O=C(Cc1cnc[nH]1)Nc1ccc(C2=NC(Cc3ccccc3-c3ccccc3)C(=O)Nc3cc([N+](=O)[O-])ccc32)cc1. The van der Waals surface area contributed by atoms with E-state index in [1.54, 1.807) is 36.5 Å². The molecule has 1 aliphatic rings. The highest BCUT2D eigenvalue weighted by Crippen LogP contribution is 2.31. The number of nitrogens with zero attached hydrogens (tertiary/aromatic N) is 3. The van der Waals surface area contributed by atoms with Crippen LogP contribution in [0.25, 0.3) is 11.1 Å². The summed E-state index contributed by atoms with van der Waals surface area (Å²) in [4.78, 5) is 48.8. The third kappa shape index (κ3) is 6.08. The Labute approximate surface area is 246 Å². The van der Waals surface area contributed by atoms with Crippen LogP contribution in [0.5, 0.6) is 0 Å². The second-order valence-corrected chi connectivity index (χ2v) is 10.1. The number of aromatic amines is 1. The highest BCUT2D eigenvalue weighted by Gasteiger charge is 2.28. The lowest BCUT2D eigenvalue weighted by Gasteiger charge is -2.15. The van der Waals surface area contributed by atoms with Crippen molar-refractivity contribution in [1.29, 1.82) is 0 Å². The maximum absolute atomic E-state index is 13.6. The van der Waals surface area contributed by atoms with Crippen molar-refractivity contribution in [1.82, 2.24) is 9.97 Å². The van der Waals surface area contributed by atoms with Crippen LogP contribution >= 0.6 is 0 Å². The topological polar surface area (TPSA) is 142 Å². The first-order chi connectivity index (χ1) is 20.9. The number of nitrogens with one attached hydrogen (secondary N) is 3. The predicted molar refractivity (Wildman–Crippen MR) is 164 cm³/mol. The lowest BCUT2D eigenvalue weighted by Crippen LogP contribution is -2.27. The summed E-state index contributed by atoms with van der Waals surface area (Å²) in [6, 6.07) is 28.5. The number of amides is 2. The number of aliphatic imine (C=N–C) groups is 1. The molecule has 0 fully saturated rings. The van der Waals surface area contributed by atoms with Gasteiger partial charge in [-0.25, -0.2) is 4.98 Å². The van der Waals surface area contributed by atoms with E-state index in [2.05, 4.69) is 20.6 Å². The average molecular weight is 571 g/mol. The Bertz CT molecular complexity index is 1830. The number of benzene rings is 4. The molecule has 0 bridgehead atoms. The molecule has 0 aliphatic carbocycles. The maximum atomic E-state index is 13.6. The number of fused-ring (bicyclic) bond motifs is 1. The Kier molecular flexibility index (Phi) is 7.56. The van der Waals surface area contributed by atoms with Crippen molar-refractivity contribution in [3.8, 4) is 11.1 Å². The molecule has 1 aliphatic heterocycles. The number of hydrogen-bond donors (Lipinski definition) is 3. The van der Waals surface area contributed by atoms with Crippen molar-refractivity contribution in [2.45, 2.75) is 18.9 Å². The van der Waals surface area contributed by atoms with Gasteiger partial charge in [0.15, 0.2) is 0 Å². The summed E-state index contributed by atoms with van der Waals surface area (Å²) in [5, 5.41) is 17.3. The molecule has 10 heteroatoms. The lowest BCUT2D eigenvalue weighted by molar-refractivity contribution is -0.384. The molecule has 2 amide bonds. The van der Waals surface area contributed by atoms with Crippen molar-refractivity contribution < 1.29 is 14.5 Å². The Morgan fingerprint density at radius 3 is 2.42 bits per heavy atom. The van der Waals surface area contributed by atoms with Gasteiger partial charge >= 0.3 is 0 Å². The molecule has 0 saturated heterocycles. The highest BCUT2D eigenvalue weighted by atomic mass is 16.6. The zero-order valence-electron chi connectivity index (χ0n) is 22.9. The molecular formula is C33H26N6O4. The second-order valence-electron chi connectivity index (χ2n) is 10.1. The fraction of sp³-hybridized carbons (Fsp3) is 0.0909. The van der Waals surface area contributed by atoms with Crippen LogP contribution < -0.4 is 10.6 Å². The van der Waals surface area contributed by atoms with Gasteiger partial charge in [-0.1, -0.05) is 66.7 Å². The first kappa shape index (κ1) is 27.3. The number of aromatic nitrogens is 2. The van der Waals surface area contributed by atoms with E-state index in [-0.39, 0.29) is 23.9 Å². The molecule has 43 heavy (non-hydrogen) atoms. The van der Waals surface area contributed by atoms with Crippen LogP contribution in [0.1, 0.15) is 22.4 Å². The fourth-order valence-electron chi connectivity index (χ4n) is 5.10. The number of nitro groups is 1. The number of carbonyl (C=O) groups is 2.